The molecule has 0 aliphatic carbocycles. The first-order valence-corrected chi connectivity index (χ1v) is 10.7. The highest BCUT2D eigenvalue weighted by Crippen LogP contribution is 2.35. The fourth-order valence-corrected chi connectivity index (χ4v) is 5.11. The third-order valence-electron chi connectivity index (χ3n) is 3.89. The van der Waals surface area contributed by atoms with Crippen LogP contribution in [0.1, 0.15) is 6.92 Å². The number of benzene rings is 2. The molecular weight excluding hydrogens is 438 g/mol. The van der Waals surface area contributed by atoms with Gasteiger partial charge in [0.05, 0.1) is 10.9 Å². The Kier molecular flexibility index (Phi) is 5.58. The van der Waals surface area contributed by atoms with Gasteiger partial charge in [0.15, 0.2) is 19.8 Å². The molecule has 0 unspecified atom stereocenters. The topological polar surface area (TPSA) is 65.4 Å². The van der Waals surface area contributed by atoms with Crippen LogP contribution in [-0.4, -0.2) is 27.7 Å². The molecular formula is C18H14ClN3O3S3. The van der Waals surface area contributed by atoms with Crippen LogP contribution >= 0.6 is 46.9 Å². The average molecular weight is 452 g/mol. The summed E-state index contributed by atoms with van der Waals surface area (Å²) in [7, 11) is 0. The summed E-state index contributed by atoms with van der Waals surface area (Å²) in [5.41, 5.74) is 1.48. The van der Waals surface area contributed by atoms with Gasteiger partial charge in [0.1, 0.15) is 0 Å². The molecule has 0 bridgehead atoms. The zero-order valence-electron chi connectivity index (χ0n) is 14.5. The second-order valence-electron chi connectivity index (χ2n) is 5.84. The van der Waals surface area contributed by atoms with Crippen molar-refractivity contribution >= 4 is 58.5 Å². The van der Waals surface area contributed by atoms with Crippen molar-refractivity contribution in [1.29, 1.82) is 0 Å². The predicted octanol–water partition coefficient (Wildman–Crippen LogP) is 5.16. The van der Waals surface area contributed by atoms with Gasteiger partial charge in [-0.1, -0.05) is 34.7 Å². The lowest BCUT2D eigenvalue weighted by Crippen LogP contribution is -2.22. The minimum Gasteiger partial charge on any atom is -0.454 e. The number of ether oxygens (including phenoxy) is 2. The summed E-state index contributed by atoms with van der Waals surface area (Å²) in [6.07, 6.45) is 0. The Labute approximate surface area is 179 Å². The molecule has 3 aromatic rings. The number of hydrogen-bond donors (Lipinski definition) is 1. The van der Waals surface area contributed by atoms with Crippen LogP contribution in [0.15, 0.2) is 46.8 Å². The average Bonchev–Trinajstić information content (AvgIpc) is 3.28. The predicted molar refractivity (Wildman–Crippen MR) is 114 cm³/mol. The van der Waals surface area contributed by atoms with Gasteiger partial charge in [-0.25, -0.2) is 4.68 Å². The number of fused-ring (bicyclic) bond motifs is 1. The number of anilines is 1. The molecule has 28 heavy (non-hydrogen) atoms. The van der Waals surface area contributed by atoms with Crippen molar-refractivity contribution in [3.05, 3.63) is 51.4 Å². The van der Waals surface area contributed by atoms with E-state index < -0.39 is 0 Å². The van der Waals surface area contributed by atoms with Crippen LogP contribution in [0.4, 0.5) is 5.69 Å². The lowest BCUT2D eigenvalue weighted by molar-refractivity contribution is -0.115. The van der Waals surface area contributed by atoms with Gasteiger partial charge in [0.25, 0.3) is 0 Å². The number of amides is 1. The van der Waals surface area contributed by atoms with E-state index in [1.54, 1.807) is 35.0 Å². The molecule has 1 atom stereocenters. The van der Waals surface area contributed by atoms with Crippen molar-refractivity contribution in [2.24, 2.45) is 0 Å². The number of carbonyl (C=O) groups excluding carboxylic acids is 1. The lowest BCUT2D eigenvalue weighted by Gasteiger charge is -2.10. The van der Waals surface area contributed by atoms with Crippen molar-refractivity contribution in [2.75, 3.05) is 12.1 Å². The Balaban J connectivity index is 1.44. The van der Waals surface area contributed by atoms with E-state index in [1.165, 1.54) is 23.1 Å². The highest BCUT2D eigenvalue weighted by atomic mass is 35.5. The summed E-state index contributed by atoms with van der Waals surface area (Å²) in [6.45, 7) is 2.02. The molecule has 1 aromatic heterocycles. The van der Waals surface area contributed by atoms with E-state index in [1.807, 2.05) is 19.1 Å². The van der Waals surface area contributed by atoms with Crippen molar-refractivity contribution in [2.45, 2.75) is 16.5 Å². The number of nitrogens with zero attached hydrogens (tertiary/aromatic N) is 2. The minimum absolute atomic E-state index is 0.136. The third-order valence-corrected chi connectivity index (χ3v) is 6.56. The summed E-state index contributed by atoms with van der Waals surface area (Å²) < 4.78 is 13.6. The minimum atomic E-state index is -0.357. The molecule has 1 aliphatic heterocycles. The molecule has 10 heteroatoms. The smallest absolute Gasteiger partial charge is 0.237 e. The van der Waals surface area contributed by atoms with Crippen molar-refractivity contribution in [1.82, 2.24) is 9.78 Å². The lowest BCUT2D eigenvalue weighted by atomic mass is 10.2. The first-order valence-electron chi connectivity index (χ1n) is 8.23. The fourth-order valence-electron chi connectivity index (χ4n) is 2.48. The highest BCUT2D eigenvalue weighted by molar-refractivity contribution is 8.02. The number of hydrogen-bond acceptors (Lipinski definition) is 7. The van der Waals surface area contributed by atoms with Crippen LogP contribution in [0.3, 0.4) is 0 Å². The largest absolute Gasteiger partial charge is 0.454 e. The summed E-state index contributed by atoms with van der Waals surface area (Å²) >= 11 is 14.0. The molecule has 1 aliphatic rings. The van der Waals surface area contributed by atoms with E-state index in [-0.39, 0.29) is 18.0 Å². The molecule has 0 saturated heterocycles. The second kappa shape index (κ2) is 8.12. The number of aromatic nitrogens is 2. The SMILES string of the molecule is C[C@H](Sc1nn(-c2ccc(Cl)cc2)c(=S)s1)C(=O)Nc1ccc2c(c1)OCO2. The van der Waals surface area contributed by atoms with Crippen molar-refractivity contribution in [3.8, 4) is 17.2 Å². The van der Waals surface area contributed by atoms with Gasteiger partial charge >= 0.3 is 0 Å². The van der Waals surface area contributed by atoms with Crippen LogP contribution in [0.25, 0.3) is 5.69 Å². The molecule has 0 radical (unpaired) electrons. The third kappa shape index (κ3) is 4.17. The second-order valence-corrected chi connectivity index (χ2v) is 9.49. The van der Waals surface area contributed by atoms with Gasteiger partial charge in [-0.15, -0.1) is 5.10 Å². The Morgan fingerprint density at radius 1 is 1.29 bits per heavy atom. The molecule has 0 saturated carbocycles. The Bertz CT molecular complexity index is 1080. The maximum atomic E-state index is 12.5. The maximum absolute atomic E-state index is 12.5. The normalized spacial score (nSPS) is 13.4. The molecule has 0 spiro atoms. The van der Waals surface area contributed by atoms with E-state index in [0.717, 1.165) is 5.69 Å². The summed E-state index contributed by atoms with van der Waals surface area (Å²) in [6, 6.07) is 12.6. The zero-order chi connectivity index (χ0) is 19.7. The summed E-state index contributed by atoms with van der Waals surface area (Å²) in [5.74, 6) is 1.16. The van der Waals surface area contributed by atoms with Crippen LogP contribution in [0, 0.1) is 3.95 Å². The van der Waals surface area contributed by atoms with E-state index in [2.05, 4.69) is 10.4 Å². The molecule has 1 N–H and O–H groups in total. The Hall–Kier alpha value is -2.07. The number of thioether (sulfide) groups is 1. The molecule has 1 amide bonds. The van der Waals surface area contributed by atoms with E-state index in [4.69, 9.17) is 33.3 Å². The van der Waals surface area contributed by atoms with Gasteiger partial charge in [-0.3, -0.25) is 4.79 Å². The number of carbonyl (C=O) groups is 1. The first kappa shape index (κ1) is 19.3. The van der Waals surface area contributed by atoms with Gasteiger partial charge in [0, 0.05) is 16.8 Å². The van der Waals surface area contributed by atoms with Gasteiger partial charge < -0.3 is 14.8 Å². The first-order chi connectivity index (χ1) is 13.5. The monoisotopic (exact) mass is 451 g/mol. The summed E-state index contributed by atoms with van der Waals surface area (Å²) in [5, 5.41) is 7.70. The summed E-state index contributed by atoms with van der Waals surface area (Å²) in [4.78, 5) is 12.5. The Morgan fingerprint density at radius 2 is 2.04 bits per heavy atom. The van der Waals surface area contributed by atoms with Crippen LogP contribution in [0.2, 0.25) is 5.02 Å². The molecule has 144 valence electrons. The number of nitrogens with one attached hydrogen (secondary N) is 1. The van der Waals surface area contributed by atoms with Gasteiger partial charge in [0.2, 0.25) is 12.7 Å². The quantitative estimate of drug-likeness (QED) is 0.426. The van der Waals surface area contributed by atoms with Crippen LogP contribution in [-0.2, 0) is 4.79 Å². The molecule has 6 nitrogen and oxygen atoms in total. The maximum Gasteiger partial charge on any atom is 0.237 e. The van der Waals surface area contributed by atoms with E-state index >= 15 is 0 Å². The van der Waals surface area contributed by atoms with Gasteiger partial charge in [-0.05, 0) is 55.5 Å². The van der Waals surface area contributed by atoms with E-state index in [0.29, 0.717) is 30.5 Å². The Morgan fingerprint density at radius 3 is 2.82 bits per heavy atom. The highest BCUT2D eigenvalue weighted by Gasteiger charge is 2.19. The molecule has 2 heterocycles. The number of halogens is 1. The number of rotatable bonds is 5. The fraction of sp³-hybridized carbons (Fsp3) is 0.167. The van der Waals surface area contributed by atoms with Crippen LogP contribution in [0.5, 0.6) is 11.5 Å². The van der Waals surface area contributed by atoms with Gasteiger partial charge in [-0.2, -0.15) is 0 Å². The molecule has 0 fully saturated rings. The zero-order valence-corrected chi connectivity index (χ0v) is 17.8. The molecule has 4 rings (SSSR count). The van der Waals surface area contributed by atoms with Crippen molar-refractivity contribution in [3.63, 3.8) is 0 Å². The van der Waals surface area contributed by atoms with E-state index in [9.17, 15) is 4.79 Å². The van der Waals surface area contributed by atoms with Crippen LogP contribution < -0.4 is 14.8 Å². The standard InChI is InChI=1S/C18H14ClN3O3S3/c1-10(16(23)20-12-4-7-14-15(8-12)25-9-24-14)27-17-21-22(18(26)28-17)13-5-2-11(19)3-6-13/h2-8,10H,9H2,1H3,(H,20,23)/t10-/m0/s1. The van der Waals surface area contributed by atoms with Crippen molar-refractivity contribution < 1.29 is 14.3 Å². The molecule has 2 aromatic carbocycles.